The number of methoxy groups -OCH3 is 1. The van der Waals surface area contributed by atoms with Crippen LogP contribution in [-0.4, -0.2) is 31.4 Å². The van der Waals surface area contributed by atoms with Gasteiger partial charge in [0.25, 0.3) is 0 Å². The molecule has 0 bridgehead atoms. The predicted octanol–water partition coefficient (Wildman–Crippen LogP) is 5.43. The minimum absolute atomic E-state index is 0.660. The van der Waals surface area contributed by atoms with Crippen LogP contribution in [0.5, 0.6) is 11.5 Å². The molecule has 0 aromatic heterocycles. The molecule has 0 aliphatic heterocycles. The van der Waals surface area contributed by atoms with Crippen LogP contribution < -0.4 is 9.26 Å². The van der Waals surface area contributed by atoms with Gasteiger partial charge >= 0.3 is 7.07 Å². The first-order valence-corrected chi connectivity index (χ1v) is 11.6. The molecule has 0 radical (unpaired) electrons. The Morgan fingerprint density at radius 2 is 1.47 bits per heavy atom. The van der Waals surface area contributed by atoms with Crippen molar-refractivity contribution in [1.29, 1.82) is 0 Å². The lowest BCUT2D eigenvalue weighted by Crippen LogP contribution is -2.03. The Labute approximate surface area is 183 Å². The molecular formula is C23H23N3O2PS+. The minimum atomic E-state index is -1.31. The van der Waals surface area contributed by atoms with Gasteiger partial charge in [0, 0.05) is 6.21 Å². The number of nitrogens with zero attached hydrogens (tertiary/aromatic N) is 3. The lowest BCUT2D eigenvalue weighted by Gasteiger charge is -2.03. The second-order valence-electron chi connectivity index (χ2n) is 6.36. The lowest BCUT2D eigenvalue weighted by atomic mass is 10.2. The van der Waals surface area contributed by atoms with E-state index in [9.17, 15) is 0 Å². The van der Waals surface area contributed by atoms with Crippen molar-refractivity contribution in [2.45, 2.75) is 6.54 Å². The molecule has 5 nitrogen and oxygen atoms in total. The fourth-order valence-electron chi connectivity index (χ4n) is 2.49. The van der Waals surface area contributed by atoms with Crippen LogP contribution in [0.25, 0.3) is 0 Å². The molecule has 0 heterocycles. The normalized spacial score (nSPS) is 11.6. The summed E-state index contributed by atoms with van der Waals surface area (Å²) in [6.45, 7) is 0.660. The number of hydrogen-bond acceptors (Lipinski definition) is 5. The maximum atomic E-state index is 5.86. The molecule has 152 valence electrons. The number of hydrazone groups is 1. The third kappa shape index (κ3) is 6.76. The Kier molecular flexibility index (Phi) is 8.07. The zero-order chi connectivity index (χ0) is 21.2. The van der Waals surface area contributed by atoms with Crippen LogP contribution in [0.1, 0.15) is 16.7 Å². The number of aliphatic imine (C=N–C) groups is 1. The van der Waals surface area contributed by atoms with Crippen LogP contribution in [0.4, 0.5) is 0 Å². The molecule has 1 atom stereocenters. The smallest absolute Gasteiger partial charge is 0.497 e. The first-order valence-electron chi connectivity index (χ1n) is 9.35. The van der Waals surface area contributed by atoms with E-state index in [1.807, 2.05) is 80.0 Å². The molecule has 1 unspecified atom stereocenters. The van der Waals surface area contributed by atoms with Gasteiger partial charge in [0.05, 0.1) is 26.9 Å². The number of rotatable bonds is 9. The highest BCUT2D eigenvalue weighted by molar-refractivity contribution is 8.02. The monoisotopic (exact) mass is 436 g/mol. The Bertz CT molecular complexity index is 1010. The molecule has 30 heavy (non-hydrogen) atoms. The van der Waals surface area contributed by atoms with Crippen molar-refractivity contribution in [3.8, 4) is 11.5 Å². The van der Waals surface area contributed by atoms with Crippen LogP contribution in [0, 0.1) is 0 Å². The summed E-state index contributed by atoms with van der Waals surface area (Å²) in [4.78, 5) is 4.48. The van der Waals surface area contributed by atoms with E-state index in [1.54, 1.807) is 18.1 Å². The van der Waals surface area contributed by atoms with E-state index in [-0.39, 0.29) is 0 Å². The van der Waals surface area contributed by atoms with Crippen molar-refractivity contribution in [2.75, 3.05) is 14.2 Å². The van der Waals surface area contributed by atoms with E-state index in [1.165, 1.54) is 5.56 Å². The van der Waals surface area contributed by atoms with Gasteiger partial charge in [0.2, 0.25) is 11.8 Å². The lowest BCUT2D eigenvalue weighted by molar-refractivity contribution is 0.415. The summed E-state index contributed by atoms with van der Waals surface area (Å²) in [5.74, 6) is 1.52. The molecule has 0 aliphatic carbocycles. The molecule has 3 rings (SSSR count). The van der Waals surface area contributed by atoms with Gasteiger partial charge in [-0.3, -0.25) is 9.52 Å². The van der Waals surface area contributed by atoms with E-state index in [4.69, 9.17) is 21.1 Å². The van der Waals surface area contributed by atoms with E-state index in [0.717, 1.165) is 16.9 Å². The Hall–Kier alpha value is -3.08. The highest BCUT2D eigenvalue weighted by atomic mass is 32.4. The van der Waals surface area contributed by atoms with Crippen molar-refractivity contribution < 1.29 is 9.26 Å². The molecule has 0 aliphatic rings. The highest BCUT2D eigenvalue weighted by Crippen LogP contribution is 2.30. The molecular weight excluding hydrogens is 413 g/mol. The molecule has 0 amide bonds. The quantitative estimate of drug-likeness (QED) is 0.255. The van der Waals surface area contributed by atoms with E-state index >= 15 is 0 Å². The first kappa shape index (κ1) is 21.6. The van der Waals surface area contributed by atoms with Crippen LogP contribution >= 0.6 is 7.07 Å². The third-order valence-electron chi connectivity index (χ3n) is 4.15. The summed E-state index contributed by atoms with van der Waals surface area (Å²) >= 11 is 5.46. The van der Waals surface area contributed by atoms with Gasteiger partial charge in [-0.05, 0) is 65.2 Å². The fourth-order valence-corrected chi connectivity index (χ4v) is 3.43. The van der Waals surface area contributed by atoms with Crippen LogP contribution in [0.3, 0.4) is 0 Å². The number of hydrogen-bond donors (Lipinski definition) is 0. The summed E-state index contributed by atoms with van der Waals surface area (Å²) in [5.41, 5.74) is 3.15. The van der Waals surface area contributed by atoms with Crippen molar-refractivity contribution >= 4 is 31.3 Å². The highest BCUT2D eigenvalue weighted by Gasteiger charge is 2.20. The van der Waals surface area contributed by atoms with Crippen LogP contribution in [0.15, 0.2) is 89.0 Å². The summed E-state index contributed by atoms with van der Waals surface area (Å²) in [6.07, 6.45) is 3.61. The maximum Gasteiger partial charge on any atom is 0.540 e. The molecule has 3 aromatic carbocycles. The average Bonchev–Trinajstić information content (AvgIpc) is 2.79. The van der Waals surface area contributed by atoms with Gasteiger partial charge < -0.3 is 4.74 Å². The molecule has 0 saturated carbocycles. The molecule has 3 aromatic rings. The standard InChI is InChI=1S/C23H23N3O2PS/c1-26(25-18-21-8-12-22(27-2)13-9-21)29(30)28-23-14-10-20(11-15-23)17-24-16-19-6-4-3-5-7-19/h3-15,17-18H,16H2,1-2H3/q+1/b24-17?,25-18-. The van der Waals surface area contributed by atoms with Crippen molar-refractivity contribution in [3.05, 3.63) is 95.6 Å². The molecule has 0 N–H and O–H groups in total. The fraction of sp³-hybridized carbons (Fsp3) is 0.130. The van der Waals surface area contributed by atoms with Crippen molar-refractivity contribution in [2.24, 2.45) is 10.1 Å². The Morgan fingerprint density at radius 1 is 0.867 bits per heavy atom. The van der Waals surface area contributed by atoms with Crippen molar-refractivity contribution in [1.82, 2.24) is 4.78 Å². The molecule has 0 fully saturated rings. The van der Waals surface area contributed by atoms with Crippen molar-refractivity contribution in [3.63, 3.8) is 0 Å². The zero-order valence-electron chi connectivity index (χ0n) is 16.9. The zero-order valence-corrected chi connectivity index (χ0v) is 18.6. The summed E-state index contributed by atoms with van der Waals surface area (Å²) in [7, 11) is 2.14. The van der Waals surface area contributed by atoms with Gasteiger partial charge in [0.1, 0.15) is 5.75 Å². The SMILES string of the molecule is COc1ccc(/C=N\N(C)[P+](=S)Oc2ccc(C=NCc3ccccc3)cc2)cc1. The van der Waals surface area contributed by atoms with Gasteiger partial charge in [-0.1, -0.05) is 35.1 Å². The largest absolute Gasteiger partial charge is 0.540 e. The van der Waals surface area contributed by atoms with Crippen LogP contribution in [-0.2, 0) is 18.4 Å². The maximum absolute atomic E-state index is 5.86. The minimum Gasteiger partial charge on any atom is -0.497 e. The topological polar surface area (TPSA) is 46.4 Å². The van der Waals surface area contributed by atoms with Gasteiger partial charge in [-0.15, -0.1) is 5.10 Å². The first-order chi connectivity index (χ1) is 14.6. The Balaban J connectivity index is 1.51. The second-order valence-corrected chi connectivity index (χ2v) is 8.53. The predicted molar refractivity (Wildman–Crippen MR) is 127 cm³/mol. The molecule has 0 saturated heterocycles. The van der Waals surface area contributed by atoms with Crippen LogP contribution in [0.2, 0.25) is 0 Å². The number of benzene rings is 3. The Morgan fingerprint density at radius 3 is 2.10 bits per heavy atom. The van der Waals surface area contributed by atoms with Gasteiger partial charge in [-0.25, -0.2) is 0 Å². The summed E-state index contributed by atoms with van der Waals surface area (Å²) < 4.78 is 12.7. The second kappa shape index (κ2) is 11.2. The summed E-state index contributed by atoms with van der Waals surface area (Å²) in [6, 6.07) is 25.5. The number of ether oxygens (including phenoxy) is 1. The average molecular weight is 436 g/mol. The third-order valence-corrected chi connectivity index (χ3v) is 6.02. The van der Waals surface area contributed by atoms with Gasteiger partial charge in [0.15, 0.2) is 5.75 Å². The van der Waals surface area contributed by atoms with Gasteiger partial charge in [-0.2, -0.15) is 0 Å². The molecule has 7 heteroatoms. The van der Waals surface area contributed by atoms with E-state index in [0.29, 0.717) is 12.3 Å². The molecule has 0 spiro atoms. The summed E-state index contributed by atoms with van der Waals surface area (Å²) in [5, 5.41) is 4.38. The van der Waals surface area contributed by atoms with E-state index < -0.39 is 7.07 Å². The van der Waals surface area contributed by atoms with E-state index in [2.05, 4.69) is 22.2 Å².